The van der Waals surface area contributed by atoms with Crippen molar-refractivity contribution in [1.29, 1.82) is 0 Å². The lowest BCUT2D eigenvalue weighted by molar-refractivity contribution is -0.140. The number of unbranched alkanes of at least 4 members (excludes halogenated alkanes) is 1. The van der Waals surface area contributed by atoms with Crippen molar-refractivity contribution in [3.05, 3.63) is 83.9 Å². The summed E-state index contributed by atoms with van der Waals surface area (Å²) in [6, 6.07) is 20.1. The molecule has 8 nitrogen and oxygen atoms in total. The summed E-state index contributed by atoms with van der Waals surface area (Å²) in [7, 11) is -4.15. The van der Waals surface area contributed by atoms with Gasteiger partial charge in [0.25, 0.3) is 10.0 Å². The molecule has 0 aliphatic carbocycles. The van der Waals surface area contributed by atoms with Crippen LogP contribution in [0.25, 0.3) is 0 Å². The van der Waals surface area contributed by atoms with Crippen molar-refractivity contribution in [2.24, 2.45) is 0 Å². The number of carbonyl (C=O) groups excluding carboxylic acids is 2. The molecular formula is C33H43N3O5S2. The predicted octanol–water partition coefficient (Wildman–Crippen LogP) is 6.03. The topological polar surface area (TPSA) is 96.0 Å². The van der Waals surface area contributed by atoms with Crippen LogP contribution in [0.3, 0.4) is 0 Å². The smallest absolute Gasteiger partial charge is 0.264 e. The highest BCUT2D eigenvalue weighted by molar-refractivity contribution is 7.98. The summed E-state index contributed by atoms with van der Waals surface area (Å²) in [4.78, 5) is 30.1. The standard InChI is InChI=1S/C33H43N3O5S2/c1-6-9-22-34-33(38)31(7-2)35(23-26-13-11-10-12-25(26)4)32(37)24-36(27-14-16-28(17-15-27)41-8-3)43(39,40)30-20-18-29(42-5)19-21-30/h10-21,31H,6-9,22-24H2,1-5H3,(H,34,38)/t31-/m1/s1. The Hall–Kier alpha value is -3.50. The molecule has 10 heteroatoms. The first-order valence-electron chi connectivity index (χ1n) is 14.7. The number of amides is 2. The molecule has 0 saturated heterocycles. The van der Waals surface area contributed by atoms with Crippen LogP contribution < -0.4 is 14.4 Å². The molecule has 0 aliphatic heterocycles. The molecule has 3 aromatic carbocycles. The lowest BCUT2D eigenvalue weighted by Gasteiger charge is -2.33. The highest BCUT2D eigenvalue weighted by atomic mass is 32.2. The van der Waals surface area contributed by atoms with Gasteiger partial charge in [-0.15, -0.1) is 11.8 Å². The molecule has 232 valence electrons. The van der Waals surface area contributed by atoms with E-state index in [1.807, 2.05) is 58.2 Å². The van der Waals surface area contributed by atoms with Crippen LogP contribution in [0, 0.1) is 6.92 Å². The first-order chi connectivity index (χ1) is 20.7. The van der Waals surface area contributed by atoms with Gasteiger partial charge in [-0.2, -0.15) is 0 Å². The summed E-state index contributed by atoms with van der Waals surface area (Å²) in [5, 5.41) is 2.96. The number of anilines is 1. The van der Waals surface area contributed by atoms with Gasteiger partial charge in [-0.05, 0) is 92.6 Å². The van der Waals surface area contributed by atoms with E-state index >= 15 is 0 Å². The van der Waals surface area contributed by atoms with E-state index in [2.05, 4.69) is 5.32 Å². The number of thioether (sulfide) groups is 1. The Labute approximate surface area is 260 Å². The fourth-order valence-corrected chi connectivity index (χ4v) is 6.50. The van der Waals surface area contributed by atoms with Crippen LogP contribution in [-0.2, 0) is 26.2 Å². The largest absolute Gasteiger partial charge is 0.494 e. The minimum absolute atomic E-state index is 0.0711. The Morgan fingerprint density at radius 3 is 2.21 bits per heavy atom. The van der Waals surface area contributed by atoms with Gasteiger partial charge in [0.15, 0.2) is 0 Å². The van der Waals surface area contributed by atoms with E-state index in [1.165, 1.54) is 16.7 Å². The van der Waals surface area contributed by atoms with Crippen molar-refractivity contribution in [2.45, 2.75) is 69.3 Å². The van der Waals surface area contributed by atoms with Gasteiger partial charge in [-0.25, -0.2) is 8.42 Å². The number of aryl methyl sites for hydroxylation is 1. The van der Waals surface area contributed by atoms with Crippen LogP contribution in [0.15, 0.2) is 82.6 Å². The molecule has 0 unspecified atom stereocenters. The Kier molecular flexibility index (Phi) is 12.9. The molecule has 0 bridgehead atoms. The number of benzene rings is 3. The van der Waals surface area contributed by atoms with E-state index in [9.17, 15) is 18.0 Å². The summed E-state index contributed by atoms with van der Waals surface area (Å²) in [6.45, 7) is 8.39. The van der Waals surface area contributed by atoms with Crippen LogP contribution in [0.1, 0.15) is 51.2 Å². The Morgan fingerprint density at radius 1 is 0.953 bits per heavy atom. The molecule has 0 saturated carbocycles. The molecule has 0 fully saturated rings. The Bertz CT molecular complexity index is 1440. The molecule has 2 amide bonds. The van der Waals surface area contributed by atoms with E-state index in [-0.39, 0.29) is 17.3 Å². The molecule has 1 atom stereocenters. The average molecular weight is 626 g/mol. The maximum atomic E-state index is 14.2. The lowest BCUT2D eigenvalue weighted by atomic mass is 10.1. The molecule has 0 aromatic heterocycles. The molecule has 3 rings (SSSR count). The summed E-state index contributed by atoms with van der Waals surface area (Å²) >= 11 is 1.51. The molecule has 3 aromatic rings. The quantitative estimate of drug-likeness (QED) is 0.154. The lowest BCUT2D eigenvalue weighted by Crippen LogP contribution is -2.52. The van der Waals surface area contributed by atoms with E-state index < -0.39 is 28.5 Å². The van der Waals surface area contributed by atoms with Crippen molar-refractivity contribution >= 4 is 39.3 Å². The van der Waals surface area contributed by atoms with E-state index in [1.54, 1.807) is 48.5 Å². The second kappa shape index (κ2) is 16.4. The van der Waals surface area contributed by atoms with E-state index in [0.717, 1.165) is 33.2 Å². The van der Waals surface area contributed by atoms with Gasteiger partial charge < -0.3 is 15.0 Å². The van der Waals surface area contributed by atoms with Crippen LogP contribution in [0.5, 0.6) is 5.75 Å². The maximum absolute atomic E-state index is 14.2. The van der Waals surface area contributed by atoms with Gasteiger partial charge in [0.05, 0.1) is 17.2 Å². The third-order valence-corrected chi connectivity index (χ3v) is 9.71. The number of rotatable bonds is 16. The zero-order chi connectivity index (χ0) is 31.4. The van der Waals surface area contributed by atoms with Crippen LogP contribution in [-0.4, -0.2) is 57.1 Å². The number of nitrogens with zero attached hydrogens (tertiary/aromatic N) is 2. The first-order valence-corrected chi connectivity index (χ1v) is 17.3. The van der Waals surface area contributed by atoms with Crippen molar-refractivity contribution in [3.8, 4) is 5.75 Å². The Balaban J connectivity index is 2.05. The fourth-order valence-electron chi connectivity index (χ4n) is 4.68. The number of hydrogen-bond donors (Lipinski definition) is 1. The van der Waals surface area contributed by atoms with Crippen LogP contribution in [0.2, 0.25) is 0 Å². The van der Waals surface area contributed by atoms with Gasteiger partial charge in [0, 0.05) is 18.0 Å². The zero-order valence-electron chi connectivity index (χ0n) is 25.7. The minimum atomic E-state index is -4.15. The van der Waals surface area contributed by atoms with Crippen molar-refractivity contribution < 1.29 is 22.7 Å². The highest BCUT2D eigenvalue weighted by Gasteiger charge is 2.33. The second-order valence-electron chi connectivity index (χ2n) is 10.1. The highest BCUT2D eigenvalue weighted by Crippen LogP contribution is 2.28. The second-order valence-corrected chi connectivity index (χ2v) is 12.9. The van der Waals surface area contributed by atoms with Crippen molar-refractivity contribution in [3.63, 3.8) is 0 Å². The third kappa shape index (κ3) is 9.00. The molecular weight excluding hydrogens is 583 g/mol. The third-order valence-electron chi connectivity index (χ3n) is 7.18. The van der Waals surface area contributed by atoms with Gasteiger partial charge in [-0.3, -0.25) is 13.9 Å². The summed E-state index contributed by atoms with van der Waals surface area (Å²) in [5.74, 6) is -0.129. The molecule has 0 radical (unpaired) electrons. The van der Waals surface area contributed by atoms with Crippen molar-refractivity contribution in [2.75, 3.05) is 30.3 Å². The van der Waals surface area contributed by atoms with E-state index in [0.29, 0.717) is 31.0 Å². The molecule has 43 heavy (non-hydrogen) atoms. The number of ether oxygens (including phenoxy) is 1. The summed E-state index contributed by atoms with van der Waals surface area (Å²) < 4.78 is 34.9. The molecule has 0 heterocycles. The number of hydrogen-bond acceptors (Lipinski definition) is 6. The molecule has 0 spiro atoms. The Morgan fingerprint density at radius 2 is 1.63 bits per heavy atom. The van der Waals surface area contributed by atoms with Gasteiger partial charge in [0.1, 0.15) is 18.3 Å². The number of sulfonamides is 1. The summed E-state index contributed by atoms with van der Waals surface area (Å²) in [6.07, 6.45) is 4.05. The number of carbonyl (C=O) groups is 2. The van der Waals surface area contributed by atoms with E-state index in [4.69, 9.17) is 4.74 Å². The monoisotopic (exact) mass is 625 g/mol. The zero-order valence-corrected chi connectivity index (χ0v) is 27.3. The molecule has 1 N–H and O–H groups in total. The normalized spacial score (nSPS) is 11.9. The fraction of sp³-hybridized carbons (Fsp3) is 0.394. The van der Waals surface area contributed by atoms with Crippen LogP contribution >= 0.6 is 11.8 Å². The average Bonchev–Trinajstić information content (AvgIpc) is 3.01. The SMILES string of the molecule is CCCCNC(=O)[C@@H](CC)N(Cc1ccccc1C)C(=O)CN(c1ccc(OCC)cc1)S(=O)(=O)c1ccc(SC)cc1. The minimum Gasteiger partial charge on any atom is -0.494 e. The molecule has 0 aliphatic rings. The maximum Gasteiger partial charge on any atom is 0.264 e. The number of nitrogens with one attached hydrogen (secondary N) is 1. The van der Waals surface area contributed by atoms with Crippen molar-refractivity contribution in [1.82, 2.24) is 10.2 Å². The van der Waals surface area contributed by atoms with Gasteiger partial charge in [0.2, 0.25) is 11.8 Å². The summed E-state index contributed by atoms with van der Waals surface area (Å²) in [5.41, 5.74) is 2.19. The first kappa shape index (κ1) is 34.0. The predicted molar refractivity (Wildman–Crippen MR) is 174 cm³/mol. The van der Waals surface area contributed by atoms with Crippen LogP contribution in [0.4, 0.5) is 5.69 Å². The van der Waals surface area contributed by atoms with Gasteiger partial charge in [-0.1, -0.05) is 44.5 Å². The van der Waals surface area contributed by atoms with Gasteiger partial charge >= 0.3 is 0 Å².